The molecule has 3 aromatic rings. The van der Waals surface area contributed by atoms with Crippen molar-refractivity contribution in [3.63, 3.8) is 0 Å². The number of carbonyl (C=O) groups excluding carboxylic acids is 1. The van der Waals surface area contributed by atoms with E-state index in [1.165, 1.54) is 18.0 Å². The first-order valence-corrected chi connectivity index (χ1v) is 8.27. The van der Waals surface area contributed by atoms with E-state index in [1.807, 2.05) is 36.4 Å². The second-order valence-corrected chi connectivity index (χ2v) is 6.30. The molecule has 7 heteroatoms. The van der Waals surface area contributed by atoms with Crippen LogP contribution < -0.4 is 11.4 Å². The molecule has 0 aliphatic heterocycles. The molecule has 0 unspecified atom stereocenters. The normalized spacial score (nSPS) is 18.7. The molecule has 2 heterocycles. The number of aromatic amines is 1. The monoisotopic (exact) mass is 351 g/mol. The van der Waals surface area contributed by atoms with Gasteiger partial charge in [0.25, 0.3) is 0 Å². The number of furan rings is 1. The van der Waals surface area contributed by atoms with E-state index in [0.717, 1.165) is 15.7 Å². The van der Waals surface area contributed by atoms with Crippen molar-refractivity contribution < 1.29 is 9.21 Å². The number of nitrogens with one attached hydrogen (secondary N) is 1. The Bertz CT molecular complexity index is 1100. The van der Waals surface area contributed by atoms with Crippen molar-refractivity contribution in [2.24, 2.45) is 7.05 Å². The van der Waals surface area contributed by atoms with Crippen LogP contribution in [-0.2, 0) is 7.05 Å². The SMILES string of the molecule is Cn1c(=O)[nH]n([C@@H]2C=C[C@H](CC(=O)c3ccco3)c3ccccc32)c1=O. The summed E-state index contributed by atoms with van der Waals surface area (Å²) in [7, 11) is 1.43. The average Bonchev–Trinajstić information content (AvgIpc) is 3.27. The van der Waals surface area contributed by atoms with E-state index in [1.54, 1.807) is 12.1 Å². The van der Waals surface area contributed by atoms with Gasteiger partial charge in [-0.25, -0.2) is 23.9 Å². The van der Waals surface area contributed by atoms with E-state index in [-0.39, 0.29) is 18.1 Å². The van der Waals surface area contributed by atoms with Gasteiger partial charge in [-0.15, -0.1) is 0 Å². The topological polar surface area (TPSA) is 90.0 Å². The Balaban J connectivity index is 1.72. The molecule has 26 heavy (non-hydrogen) atoms. The first-order valence-electron chi connectivity index (χ1n) is 8.27. The number of hydrogen-bond acceptors (Lipinski definition) is 4. The zero-order valence-electron chi connectivity index (χ0n) is 14.1. The molecule has 1 N–H and O–H groups in total. The van der Waals surface area contributed by atoms with Gasteiger partial charge in [-0.2, -0.15) is 0 Å². The minimum atomic E-state index is -0.462. The van der Waals surface area contributed by atoms with Crippen molar-refractivity contribution in [1.82, 2.24) is 14.3 Å². The number of rotatable bonds is 4. The van der Waals surface area contributed by atoms with Gasteiger partial charge in [0.15, 0.2) is 11.5 Å². The zero-order chi connectivity index (χ0) is 18.3. The fraction of sp³-hybridized carbons (Fsp3) is 0.211. The number of carbonyl (C=O) groups is 1. The minimum absolute atomic E-state index is 0.0804. The van der Waals surface area contributed by atoms with Crippen LogP contribution >= 0.6 is 0 Å². The molecule has 4 rings (SSSR count). The van der Waals surface area contributed by atoms with Gasteiger partial charge in [-0.1, -0.05) is 36.4 Å². The summed E-state index contributed by atoms with van der Waals surface area (Å²) in [5, 5.41) is 2.58. The van der Waals surface area contributed by atoms with Crippen LogP contribution in [0.25, 0.3) is 0 Å². The Labute approximate surface area is 148 Å². The van der Waals surface area contributed by atoms with Gasteiger partial charge < -0.3 is 4.42 Å². The summed E-state index contributed by atoms with van der Waals surface area (Å²) in [6.07, 6.45) is 5.51. The van der Waals surface area contributed by atoms with Gasteiger partial charge in [0.2, 0.25) is 0 Å². The molecule has 0 saturated heterocycles. The summed E-state index contributed by atoms with van der Waals surface area (Å²) in [5.74, 6) is 0.135. The third-order valence-electron chi connectivity index (χ3n) is 4.73. The lowest BCUT2D eigenvalue weighted by molar-refractivity contribution is 0.0951. The summed E-state index contributed by atoms with van der Waals surface area (Å²) < 4.78 is 7.52. The first-order chi connectivity index (χ1) is 12.6. The molecule has 0 spiro atoms. The number of benzene rings is 1. The van der Waals surface area contributed by atoms with E-state index < -0.39 is 17.4 Å². The molecular weight excluding hydrogens is 334 g/mol. The maximum Gasteiger partial charge on any atom is 0.347 e. The molecule has 1 aliphatic carbocycles. The molecule has 1 aromatic carbocycles. The lowest BCUT2D eigenvalue weighted by Crippen LogP contribution is -2.29. The number of hydrogen-bond donors (Lipinski definition) is 1. The maximum atomic E-state index is 12.4. The summed E-state index contributed by atoms with van der Waals surface area (Å²) in [4.78, 5) is 36.5. The lowest BCUT2D eigenvalue weighted by atomic mass is 9.82. The van der Waals surface area contributed by atoms with Crippen LogP contribution in [0.2, 0.25) is 0 Å². The molecule has 132 valence electrons. The van der Waals surface area contributed by atoms with Gasteiger partial charge >= 0.3 is 11.4 Å². The summed E-state index contributed by atoms with van der Waals surface area (Å²) in [6, 6.07) is 10.5. The van der Waals surface area contributed by atoms with Crippen molar-refractivity contribution in [1.29, 1.82) is 0 Å². The highest BCUT2D eigenvalue weighted by atomic mass is 16.3. The predicted octanol–water partition coefficient (Wildman–Crippen LogP) is 1.98. The summed E-state index contributed by atoms with van der Waals surface area (Å²) in [5.41, 5.74) is 0.966. The molecule has 0 radical (unpaired) electrons. The second-order valence-electron chi connectivity index (χ2n) is 6.30. The van der Waals surface area contributed by atoms with Crippen LogP contribution in [0, 0.1) is 0 Å². The van der Waals surface area contributed by atoms with Crippen LogP contribution in [-0.4, -0.2) is 20.1 Å². The highest BCUT2D eigenvalue weighted by Gasteiger charge is 2.27. The van der Waals surface area contributed by atoms with Gasteiger partial charge in [-0.3, -0.25) is 4.79 Å². The van der Waals surface area contributed by atoms with Crippen molar-refractivity contribution in [3.8, 4) is 0 Å². The number of nitrogens with zero attached hydrogens (tertiary/aromatic N) is 2. The lowest BCUT2D eigenvalue weighted by Gasteiger charge is -2.26. The Morgan fingerprint density at radius 2 is 1.88 bits per heavy atom. The third-order valence-corrected chi connectivity index (χ3v) is 4.73. The molecule has 2 aromatic heterocycles. The highest BCUT2D eigenvalue weighted by Crippen LogP contribution is 2.36. The molecule has 0 saturated carbocycles. The number of aromatic nitrogens is 3. The number of ketones is 1. The van der Waals surface area contributed by atoms with Gasteiger partial charge in [0, 0.05) is 19.4 Å². The Morgan fingerprint density at radius 1 is 1.12 bits per heavy atom. The van der Waals surface area contributed by atoms with Crippen LogP contribution in [0.15, 0.2) is 68.8 Å². The van der Waals surface area contributed by atoms with Crippen LogP contribution in [0.5, 0.6) is 0 Å². The highest BCUT2D eigenvalue weighted by molar-refractivity contribution is 5.94. The fourth-order valence-electron chi connectivity index (χ4n) is 3.37. The number of Topliss-reactive ketones (excluding diaryl/α,β-unsaturated/α-hetero) is 1. The van der Waals surface area contributed by atoms with Crippen molar-refractivity contribution >= 4 is 5.78 Å². The standard InChI is InChI=1S/C19H17N3O4/c1-21-18(24)20-22(19(21)25)15-9-8-12(13-5-2-3-6-14(13)15)11-16(23)17-7-4-10-26-17/h2-10,12,15H,11H2,1H3,(H,20,24)/t12-,15-/m1/s1. The number of fused-ring (bicyclic) bond motifs is 1. The molecule has 0 amide bonds. The van der Waals surface area contributed by atoms with Crippen molar-refractivity contribution in [2.45, 2.75) is 18.4 Å². The summed E-state index contributed by atoms with van der Waals surface area (Å²) in [6.45, 7) is 0. The molecular formula is C19H17N3O4. The quantitative estimate of drug-likeness (QED) is 0.575. The predicted molar refractivity (Wildman–Crippen MR) is 94.4 cm³/mol. The first kappa shape index (κ1) is 16.1. The largest absolute Gasteiger partial charge is 0.461 e. The smallest absolute Gasteiger partial charge is 0.347 e. The fourth-order valence-corrected chi connectivity index (χ4v) is 3.37. The van der Waals surface area contributed by atoms with Gasteiger partial charge in [-0.05, 0) is 23.3 Å². The van der Waals surface area contributed by atoms with E-state index in [9.17, 15) is 14.4 Å². The van der Waals surface area contributed by atoms with Crippen LogP contribution in [0.3, 0.4) is 0 Å². The maximum absolute atomic E-state index is 12.4. The zero-order valence-corrected chi connectivity index (χ0v) is 14.1. The van der Waals surface area contributed by atoms with E-state index in [4.69, 9.17) is 4.42 Å². The van der Waals surface area contributed by atoms with Crippen LogP contribution in [0.1, 0.15) is 40.1 Å². The van der Waals surface area contributed by atoms with Crippen molar-refractivity contribution in [2.75, 3.05) is 0 Å². The Hall–Kier alpha value is -3.35. The van der Waals surface area contributed by atoms with E-state index in [2.05, 4.69) is 5.10 Å². The molecule has 7 nitrogen and oxygen atoms in total. The Morgan fingerprint density at radius 3 is 2.54 bits per heavy atom. The second kappa shape index (κ2) is 6.18. The van der Waals surface area contributed by atoms with Gasteiger partial charge in [0.05, 0.1) is 12.3 Å². The third kappa shape index (κ3) is 2.57. The van der Waals surface area contributed by atoms with E-state index >= 15 is 0 Å². The number of H-pyrrole nitrogens is 1. The van der Waals surface area contributed by atoms with Gasteiger partial charge in [0.1, 0.15) is 0 Å². The summed E-state index contributed by atoms with van der Waals surface area (Å²) >= 11 is 0. The average molecular weight is 351 g/mol. The Kier molecular flexibility index (Phi) is 3.84. The molecule has 1 aliphatic rings. The molecule has 0 fully saturated rings. The molecule has 0 bridgehead atoms. The van der Waals surface area contributed by atoms with Crippen molar-refractivity contribution in [3.05, 3.63) is 92.7 Å². The van der Waals surface area contributed by atoms with E-state index in [0.29, 0.717) is 5.76 Å². The minimum Gasteiger partial charge on any atom is -0.461 e. The molecule has 2 atom stereocenters. The number of allylic oxidation sites excluding steroid dienone is 2. The van der Waals surface area contributed by atoms with Crippen LogP contribution in [0.4, 0.5) is 0 Å².